The van der Waals surface area contributed by atoms with Crippen molar-refractivity contribution in [1.82, 2.24) is 9.55 Å². The van der Waals surface area contributed by atoms with E-state index in [1.807, 2.05) is 6.08 Å². The summed E-state index contributed by atoms with van der Waals surface area (Å²) in [6, 6.07) is 9.51. The summed E-state index contributed by atoms with van der Waals surface area (Å²) in [5.41, 5.74) is 1.98. The Morgan fingerprint density at radius 3 is 2.87 bits per heavy atom. The zero-order chi connectivity index (χ0) is 21.3. The number of ketones is 1. The number of hydrogen-bond acceptors (Lipinski definition) is 5. The normalized spacial score (nSPS) is 12.6. The molecule has 1 aromatic heterocycles. The number of Topliss-reactive ketones (excluding diaryl/α,β-unsaturated/α-hetero) is 1. The second kappa shape index (κ2) is 8.12. The van der Waals surface area contributed by atoms with Crippen LogP contribution in [0, 0.1) is 5.82 Å². The third-order valence-corrected chi connectivity index (χ3v) is 4.92. The Morgan fingerprint density at radius 1 is 1.27 bits per heavy atom. The van der Waals surface area contributed by atoms with Crippen LogP contribution in [0.15, 0.2) is 53.5 Å². The van der Waals surface area contributed by atoms with Gasteiger partial charge in [0.05, 0.1) is 19.9 Å². The highest BCUT2D eigenvalue weighted by atomic mass is 35.5. The number of anilines is 2. The van der Waals surface area contributed by atoms with Crippen molar-refractivity contribution in [3.05, 3.63) is 86.6 Å². The average molecular weight is 426 g/mol. The lowest BCUT2D eigenvalue weighted by Gasteiger charge is -2.18. The molecule has 4 rings (SSSR count). The lowest BCUT2D eigenvalue weighted by Crippen LogP contribution is -2.19. The molecule has 0 atom stereocenters. The molecular formula is C22H17ClFN3O3. The molecule has 1 heterocycles. The SMILES string of the molecule is COc1cn(Cc2cc(F)cc(Cl)c2)c(Nc2cccc3c2C=CCC3=O)nc1=O. The van der Waals surface area contributed by atoms with Gasteiger partial charge in [-0.15, -0.1) is 0 Å². The molecule has 0 amide bonds. The minimum absolute atomic E-state index is 0.0191. The van der Waals surface area contributed by atoms with E-state index in [9.17, 15) is 14.0 Å². The fourth-order valence-corrected chi connectivity index (χ4v) is 3.59. The van der Waals surface area contributed by atoms with Crippen molar-refractivity contribution in [3.63, 3.8) is 0 Å². The van der Waals surface area contributed by atoms with Gasteiger partial charge in [-0.05, 0) is 29.8 Å². The van der Waals surface area contributed by atoms with Gasteiger partial charge in [0.15, 0.2) is 5.78 Å². The molecule has 8 heteroatoms. The highest BCUT2D eigenvalue weighted by Gasteiger charge is 2.17. The van der Waals surface area contributed by atoms with Gasteiger partial charge in [0.2, 0.25) is 11.7 Å². The molecule has 1 aliphatic carbocycles. The molecule has 0 radical (unpaired) electrons. The molecule has 0 fully saturated rings. The van der Waals surface area contributed by atoms with E-state index in [1.54, 1.807) is 34.9 Å². The van der Waals surface area contributed by atoms with Crippen LogP contribution in [0.3, 0.4) is 0 Å². The van der Waals surface area contributed by atoms with Gasteiger partial charge in [-0.25, -0.2) is 4.39 Å². The molecule has 152 valence electrons. The number of aromatic nitrogens is 2. The first-order valence-electron chi connectivity index (χ1n) is 9.15. The van der Waals surface area contributed by atoms with Gasteiger partial charge in [-0.1, -0.05) is 35.9 Å². The quantitative estimate of drug-likeness (QED) is 0.654. The number of carbonyl (C=O) groups is 1. The molecule has 0 unspecified atom stereocenters. The Morgan fingerprint density at radius 2 is 2.10 bits per heavy atom. The van der Waals surface area contributed by atoms with E-state index >= 15 is 0 Å². The monoisotopic (exact) mass is 425 g/mol. The van der Waals surface area contributed by atoms with Gasteiger partial charge in [0.25, 0.3) is 0 Å². The summed E-state index contributed by atoms with van der Waals surface area (Å²) in [6.45, 7) is 0.188. The molecule has 0 bridgehead atoms. The smallest absolute Gasteiger partial charge is 0.316 e. The van der Waals surface area contributed by atoms with E-state index < -0.39 is 11.4 Å². The van der Waals surface area contributed by atoms with Gasteiger partial charge >= 0.3 is 5.56 Å². The summed E-state index contributed by atoms with van der Waals surface area (Å²) in [5, 5.41) is 3.39. The molecule has 3 aromatic rings. The lowest BCUT2D eigenvalue weighted by molar-refractivity contribution is 0.0994. The average Bonchev–Trinajstić information content (AvgIpc) is 2.70. The van der Waals surface area contributed by atoms with Gasteiger partial charge in [-0.2, -0.15) is 4.98 Å². The second-order valence-corrected chi connectivity index (χ2v) is 7.20. The number of allylic oxidation sites excluding steroid dienone is 1. The van der Waals surface area contributed by atoms with Crippen molar-refractivity contribution in [2.75, 3.05) is 12.4 Å². The van der Waals surface area contributed by atoms with E-state index in [1.165, 1.54) is 25.4 Å². The maximum Gasteiger partial charge on any atom is 0.316 e. The number of benzene rings is 2. The van der Waals surface area contributed by atoms with Crippen molar-refractivity contribution in [2.24, 2.45) is 0 Å². The maximum atomic E-state index is 13.8. The van der Waals surface area contributed by atoms with Crippen molar-refractivity contribution in [3.8, 4) is 5.75 Å². The molecule has 2 aromatic carbocycles. The first-order valence-corrected chi connectivity index (χ1v) is 9.52. The Labute approximate surface area is 176 Å². The zero-order valence-electron chi connectivity index (χ0n) is 16.0. The third kappa shape index (κ3) is 3.97. The molecule has 0 saturated heterocycles. The summed E-state index contributed by atoms with van der Waals surface area (Å²) in [7, 11) is 1.37. The fraction of sp³-hybridized carbons (Fsp3) is 0.136. The van der Waals surface area contributed by atoms with Crippen molar-refractivity contribution in [1.29, 1.82) is 0 Å². The van der Waals surface area contributed by atoms with Crippen LogP contribution < -0.4 is 15.6 Å². The van der Waals surface area contributed by atoms with E-state index in [-0.39, 0.29) is 29.0 Å². The Kier molecular flexibility index (Phi) is 5.37. The van der Waals surface area contributed by atoms with Crippen LogP contribution in [0.4, 0.5) is 16.0 Å². The number of nitrogens with zero attached hydrogens (tertiary/aromatic N) is 2. The van der Waals surface area contributed by atoms with E-state index in [4.69, 9.17) is 16.3 Å². The Balaban J connectivity index is 1.78. The van der Waals surface area contributed by atoms with Gasteiger partial charge in [-0.3, -0.25) is 9.59 Å². The van der Waals surface area contributed by atoms with Crippen molar-refractivity contribution < 1.29 is 13.9 Å². The molecule has 1 N–H and O–H groups in total. The molecule has 1 aliphatic rings. The number of hydrogen-bond donors (Lipinski definition) is 1. The van der Waals surface area contributed by atoms with Crippen molar-refractivity contribution in [2.45, 2.75) is 13.0 Å². The summed E-state index contributed by atoms with van der Waals surface area (Å²) >= 11 is 5.97. The van der Waals surface area contributed by atoms with Crippen LogP contribution in [0.5, 0.6) is 5.75 Å². The number of methoxy groups -OCH3 is 1. The lowest BCUT2D eigenvalue weighted by atomic mass is 9.95. The minimum Gasteiger partial charge on any atom is -0.490 e. The van der Waals surface area contributed by atoms with Gasteiger partial charge < -0.3 is 14.6 Å². The van der Waals surface area contributed by atoms with Crippen LogP contribution in [0.25, 0.3) is 6.08 Å². The molecular weight excluding hydrogens is 409 g/mol. The van der Waals surface area contributed by atoms with E-state index in [0.29, 0.717) is 23.2 Å². The zero-order valence-corrected chi connectivity index (χ0v) is 16.7. The number of fused-ring (bicyclic) bond motifs is 1. The summed E-state index contributed by atoms with van der Waals surface area (Å²) in [6.07, 6.45) is 5.49. The maximum absolute atomic E-state index is 13.8. The molecule has 0 spiro atoms. The topological polar surface area (TPSA) is 73.2 Å². The van der Waals surface area contributed by atoms with E-state index in [2.05, 4.69) is 10.3 Å². The Hall–Kier alpha value is -3.45. The number of nitrogens with one attached hydrogen (secondary N) is 1. The largest absolute Gasteiger partial charge is 0.490 e. The Bertz CT molecular complexity index is 1220. The fourth-order valence-electron chi connectivity index (χ4n) is 3.34. The highest BCUT2D eigenvalue weighted by Crippen LogP contribution is 2.29. The summed E-state index contributed by atoms with van der Waals surface area (Å²) in [4.78, 5) is 28.5. The molecule has 30 heavy (non-hydrogen) atoms. The highest BCUT2D eigenvalue weighted by molar-refractivity contribution is 6.30. The first-order chi connectivity index (χ1) is 14.4. The third-order valence-electron chi connectivity index (χ3n) is 4.70. The van der Waals surface area contributed by atoms with Crippen molar-refractivity contribution >= 4 is 35.1 Å². The standard InChI is InChI=1S/C22H17ClFN3O3/c1-30-20-12-27(11-13-8-14(23)10-15(24)9-13)22(26-21(20)29)25-18-6-2-5-17-16(18)4-3-7-19(17)28/h2-6,8-10,12H,7,11H2,1H3,(H,25,26,29). The van der Waals surface area contributed by atoms with Crippen LogP contribution in [-0.2, 0) is 6.54 Å². The number of carbonyl (C=O) groups excluding carboxylic acids is 1. The van der Waals surface area contributed by atoms with Crippen LogP contribution in [0.1, 0.15) is 27.9 Å². The number of ether oxygens (including phenoxy) is 1. The predicted molar refractivity (Wildman–Crippen MR) is 113 cm³/mol. The second-order valence-electron chi connectivity index (χ2n) is 6.77. The van der Waals surface area contributed by atoms with Gasteiger partial charge in [0.1, 0.15) is 5.82 Å². The minimum atomic E-state index is -0.551. The first kappa shape index (κ1) is 19.8. The van der Waals surface area contributed by atoms with Crippen LogP contribution in [-0.4, -0.2) is 22.4 Å². The predicted octanol–water partition coefficient (Wildman–Crippen LogP) is 4.44. The molecule has 0 saturated carbocycles. The van der Waals surface area contributed by atoms with E-state index in [0.717, 1.165) is 5.56 Å². The van der Waals surface area contributed by atoms with Crippen LogP contribution >= 0.6 is 11.6 Å². The number of rotatable bonds is 5. The summed E-state index contributed by atoms with van der Waals surface area (Å²) in [5.74, 6) is -0.173. The number of halogens is 2. The molecule has 0 aliphatic heterocycles. The summed E-state index contributed by atoms with van der Waals surface area (Å²) < 4.78 is 20.5. The molecule has 6 nitrogen and oxygen atoms in total. The van der Waals surface area contributed by atoms with Crippen LogP contribution in [0.2, 0.25) is 5.02 Å². The van der Waals surface area contributed by atoms with Gasteiger partial charge in [0, 0.05) is 28.3 Å².